The van der Waals surface area contributed by atoms with E-state index < -0.39 is 28.2 Å². The summed E-state index contributed by atoms with van der Waals surface area (Å²) >= 11 is 5.34. The molecular formula is C8H5ClF2O2. The number of rotatable bonds is 1. The fraction of sp³-hybridized carbons (Fsp3) is 0.125. The Bertz CT molecular complexity index is 377. The van der Waals surface area contributed by atoms with Crippen molar-refractivity contribution in [1.82, 2.24) is 0 Å². The minimum Gasteiger partial charge on any atom is -0.478 e. The van der Waals surface area contributed by atoms with Crippen LogP contribution >= 0.6 is 11.6 Å². The van der Waals surface area contributed by atoms with Crippen LogP contribution in [0.25, 0.3) is 0 Å². The molecule has 1 rings (SSSR count). The van der Waals surface area contributed by atoms with Crippen LogP contribution in [0.1, 0.15) is 15.9 Å². The highest BCUT2D eigenvalue weighted by atomic mass is 35.5. The molecule has 0 aromatic heterocycles. The number of carboxylic acids is 1. The molecule has 0 radical (unpaired) electrons. The van der Waals surface area contributed by atoms with Gasteiger partial charge in [-0.05, 0) is 13.0 Å². The predicted molar refractivity (Wildman–Crippen MR) is 43.1 cm³/mol. The molecule has 70 valence electrons. The lowest BCUT2D eigenvalue weighted by Gasteiger charge is -2.04. The molecule has 0 fully saturated rings. The summed E-state index contributed by atoms with van der Waals surface area (Å²) in [5.74, 6) is -3.49. The first-order valence-corrected chi connectivity index (χ1v) is 3.70. The van der Waals surface area contributed by atoms with Crippen molar-refractivity contribution in [2.24, 2.45) is 0 Å². The molecule has 0 heterocycles. The van der Waals surface area contributed by atoms with Gasteiger partial charge in [-0.15, -0.1) is 0 Å². The summed E-state index contributed by atoms with van der Waals surface area (Å²) in [6, 6.07) is 0.781. The van der Waals surface area contributed by atoms with Gasteiger partial charge in [0.1, 0.15) is 17.2 Å². The summed E-state index contributed by atoms with van der Waals surface area (Å²) in [5, 5.41) is 8.08. The highest BCUT2D eigenvalue weighted by Gasteiger charge is 2.19. The molecule has 0 saturated heterocycles. The first-order chi connectivity index (χ1) is 5.95. The van der Waals surface area contributed by atoms with Gasteiger partial charge in [-0.3, -0.25) is 0 Å². The average Bonchev–Trinajstić information content (AvgIpc) is 1.99. The van der Waals surface area contributed by atoms with E-state index in [4.69, 9.17) is 16.7 Å². The van der Waals surface area contributed by atoms with Gasteiger partial charge in [0.2, 0.25) is 0 Å². The van der Waals surface area contributed by atoms with Crippen molar-refractivity contribution in [2.75, 3.05) is 0 Å². The summed E-state index contributed by atoms with van der Waals surface area (Å²) in [7, 11) is 0. The topological polar surface area (TPSA) is 37.3 Å². The standard InChI is InChI=1S/C8H5ClF2O2/c1-3-5(10)2-4(9)6(7(3)11)8(12)13/h2H,1H3,(H,12,13). The molecule has 0 unspecified atom stereocenters. The monoisotopic (exact) mass is 206 g/mol. The van der Waals surface area contributed by atoms with Crippen LogP contribution in [0.3, 0.4) is 0 Å². The third-order valence-electron chi connectivity index (χ3n) is 1.61. The summed E-state index contributed by atoms with van der Waals surface area (Å²) < 4.78 is 25.8. The molecule has 0 aliphatic rings. The first-order valence-electron chi connectivity index (χ1n) is 3.32. The van der Waals surface area contributed by atoms with Crippen molar-refractivity contribution in [3.05, 3.63) is 33.9 Å². The molecule has 1 N–H and O–H groups in total. The number of halogens is 3. The first kappa shape index (κ1) is 9.92. The fourth-order valence-electron chi connectivity index (χ4n) is 0.885. The Morgan fingerprint density at radius 3 is 2.54 bits per heavy atom. The largest absolute Gasteiger partial charge is 0.478 e. The maximum Gasteiger partial charge on any atom is 0.340 e. The van der Waals surface area contributed by atoms with Crippen LogP contribution in [0.15, 0.2) is 6.07 Å². The number of hydrogen-bond acceptors (Lipinski definition) is 1. The van der Waals surface area contributed by atoms with Crippen LogP contribution < -0.4 is 0 Å². The molecule has 13 heavy (non-hydrogen) atoms. The minimum absolute atomic E-state index is 0.346. The van der Waals surface area contributed by atoms with E-state index in [1.165, 1.54) is 0 Å². The number of benzene rings is 1. The van der Waals surface area contributed by atoms with E-state index in [2.05, 4.69) is 0 Å². The van der Waals surface area contributed by atoms with Gasteiger partial charge in [-0.25, -0.2) is 13.6 Å². The second-order valence-corrected chi connectivity index (χ2v) is 2.87. The molecule has 0 saturated carbocycles. The molecule has 2 nitrogen and oxygen atoms in total. The van der Waals surface area contributed by atoms with Crippen LogP contribution in [-0.2, 0) is 0 Å². The number of carbonyl (C=O) groups is 1. The van der Waals surface area contributed by atoms with Gasteiger partial charge in [0.05, 0.1) is 5.02 Å². The zero-order chi connectivity index (χ0) is 10.2. The summed E-state index contributed by atoms with van der Waals surface area (Å²) in [6.07, 6.45) is 0. The third kappa shape index (κ3) is 1.62. The summed E-state index contributed by atoms with van der Waals surface area (Å²) in [6.45, 7) is 1.15. The van der Waals surface area contributed by atoms with Crippen molar-refractivity contribution < 1.29 is 18.7 Å². The van der Waals surface area contributed by atoms with E-state index in [0.717, 1.165) is 13.0 Å². The van der Waals surface area contributed by atoms with Crippen molar-refractivity contribution in [2.45, 2.75) is 6.92 Å². The predicted octanol–water partition coefficient (Wildman–Crippen LogP) is 2.62. The Morgan fingerprint density at radius 1 is 1.54 bits per heavy atom. The van der Waals surface area contributed by atoms with E-state index in [1.54, 1.807) is 0 Å². The second kappa shape index (κ2) is 3.30. The molecule has 0 aliphatic carbocycles. The Labute approximate surface area is 77.8 Å². The van der Waals surface area contributed by atoms with E-state index in [0.29, 0.717) is 0 Å². The van der Waals surface area contributed by atoms with E-state index in [-0.39, 0.29) is 5.56 Å². The van der Waals surface area contributed by atoms with Gasteiger partial charge >= 0.3 is 5.97 Å². The van der Waals surface area contributed by atoms with Crippen LogP contribution in [0.5, 0.6) is 0 Å². The van der Waals surface area contributed by atoms with Gasteiger partial charge in [0, 0.05) is 5.56 Å². The number of aromatic carboxylic acids is 1. The molecule has 5 heteroatoms. The maximum atomic E-state index is 13.1. The Kier molecular flexibility index (Phi) is 2.52. The normalized spacial score (nSPS) is 10.2. The number of carboxylic acid groups (broad SMARTS) is 1. The molecule has 1 aromatic rings. The van der Waals surface area contributed by atoms with E-state index in [1.807, 2.05) is 0 Å². The van der Waals surface area contributed by atoms with Crippen LogP contribution in [0.4, 0.5) is 8.78 Å². The van der Waals surface area contributed by atoms with Crippen molar-refractivity contribution in [3.8, 4) is 0 Å². The molecule has 0 bridgehead atoms. The zero-order valence-corrected chi connectivity index (χ0v) is 7.32. The maximum absolute atomic E-state index is 13.1. The van der Waals surface area contributed by atoms with Gasteiger partial charge in [-0.1, -0.05) is 11.6 Å². The van der Waals surface area contributed by atoms with Gasteiger partial charge in [0.25, 0.3) is 0 Å². The lowest BCUT2D eigenvalue weighted by atomic mass is 10.1. The van der Waals surface area contributed by atoms with E-state index in [9.17, 15) is 13.6 Å². The van der Waals surface area contributed by atoms with E-state index >= 15 is 0 Å². The lowest BCUT2D eigenvalue weighted by molar-refractivity contribution is 0.0692. The Balaban J connectivity index is 3.53. The summed E-state index contributed by atoms with van der Waals surface area (Å²) in [5.41, 5.74) is -1.04. The Morgan fingerprint density at radius 2 is 2.08 bits per heavy atom. The zero-order valence-electron chi connectivity index (χ0n) is 6.57. The van der Waals surface area contributed by atoms with Gasteiger partial charge in [0.15, 0.2) is 0 Å². The summed E-state index contributed by atoms with van der Waals surface area (Å²) in [4.78, 5) is 10.5. The molecule has 1 aromatic carbocycles. The SMILES string of the molecule is Cc1c(F)cc(Cl)c(C(=O)O)c1F. The quantitative estimate of drug-likeness (QED) is 0.767. The molecule has 0 aliphatic heterocycles. The van der Waals surface area contributed by atoms with Crippen LogP contribution in [0, 0.1) is 18.6 Å². The fourth-order valence-corrected chi connectivity index (χ4v) is 1.14. The van der Waals surface area contributed by atoms with Crippen molar-refractivity contribution >= 4 is 17.6 Å². The number of hydrogen-bond donors (Lipinski definition) is 1. The van der Waals surface area contributed by atoms with Gasteiger partial charge in [-0.2, -0.15) is 0 Å². The molecule has 0 amide bonds. The van der Waals surface area contributed by atoms with Crippen molar-refractivity contribution in [1.29, 1.82) is 0 Å². The van der Waals surface area contributed by atoms with Gasteiger partial charge < -0.3 is 5.11 Å². The highest BCUT2D eigenvalue weighted by Crippen LogP contribution is 2.24. The van der Waals surface area contributed by atoms with Crippen LogP contribution in [-0.4, -0.2) is 11.1 Å². The molecule has 0 atom stereocenters. The van der Waals surface area contributed by atoms with Crippen molar-refractivity contribution in [3.63, 3.8) is 0 Å². The minimum atomic E-state index is -1.51. The Hall–Kier alpha value is -1.16. The molecule has 0 spiro atoms. The molecular weight excluding hydrogens is 202 g/mol. The highest BCUT2D eigenvalue weighted by molar-refractivity contribution is 6.33. The second-order valence-electron chi connectivity index (χ2n) is 2.46. The lowest BCUT2D eigenvalue weighted by Crippen LogP contribution is -2.05. The third-order valence-corrected chi connectivity index (χ3v) is 1.91. The smallest absolute Gasteiger partial charge is 0.340 e. The van der Waals surface area contributed by atoms with Crippen LogP contribution in [0.2, 0.25) is 5.02 Å². The average molecular weight is 207 g/mol.